The lowest BCUT2D eigenvalue weighted by molar-refractivity contribution is -0.155. The Labute approximate surface area is 209 Å². The van der Waals surface area contributed by atoms with E-state index in [1.807, 2.05) is 36.1 Å². The third kappa shape index (κ3) is 3.83. The molecule has 0 aliphatic heterocycles. The molecular formula is C28H29N5O3. The molecule has 0 bridgehead atoms. The number of hydrogen-bond donors (Lipinski definition) is 2. The van der Waals surface area contributed by atoms with Crippen LogP contribution in [-0.2, 0) is 4.79 Å². The number of amides is 1. The lowest BCUT2D eigenvalue weighted by atomic mass is 9.50. The molecule has 36 heavy (non-hydrogen) atoms. The molecule has 2 aromatic heterocycles. The SMILES string of the molecule is CC#Cc1ccc(C(=O)NC2CC3(C2)CC(C(=O)O)C3)c2c1cnn2C(C)c1cnc(C2CC2)cn1. The highest BCUT2D eigenvalue weighted by atomic mass is 16.4. The van der Waals surface area contributed by atoms with E-state index in [2.05, 4.69) is 32.2 Å². The van der Waals surface area contributed by atoms with Crippen molar-refractivity contribution in [2.75, 3.05) is 0 Å². The number of carbonyl (C=O) groups is 2. The van der Waals surface area contributed by atoms with E-state index in [1.54, 1.807) is 13.1 Å². The van der Waals surface area contributed by atoms with Crippen molar-refractivity contribution < 1.29 is 14.7 Å². The highest BCUT2D eigenvalue weighted by molar-refractivity contribution is 6.07. The van der Waals surface area contributed by atoms with Gasteiger partial charge in [-0.15, -0.1) is 5.92 Å². The van der Waals surface area contributed by atoms with Crippen LogP contribution in [-0.4, -0.2) is 42.8 Å². The van der Waals surface area contributed by atoms with Crippen LogP contribution in [0.3, 0.4) is 0 Å². The van der Waals surface area contributed by atoms with Crippen LogP contribution in [0.1, 0.15) is 91.6 Å². The molecule has 1 spiro atoms. The first-order chi connectivity index (χ1) is 17.4. The second kappa shape index (κ2) is 8.44. The number of aliphatic carboxylic acids is 1. The average molecular weight is 484 g/mol. The van der Waals surface area contributed by atoms with E-state index >= 15 is 0 Å². The average Bonchev–Trinajstić information content (AvgIpc) is 3.57. The molecule has 6 rings (SSSR count). The number of nitrogens with one attached hydrogen (secondary N) is 1. The van der Waals surface area contributed by atoms with E-state index in [-0.39, 0.29) is 29.3 Å². The summed E-state index contributed by atoms with van der Waals surface area (Å²) >= 11 is 0. The summed E-state index contributed by atoms with van der Waals surface area (Å²) in [7, 11) is 0. The maximum absolute atomic E-state index is 13.4. The van der Waals surface area contributed by atoms with Gasteiger partial charge >= 0.3 is 5.97 Å². The van der Waals surface area contributed by atoms with Crippen molar-refractivity contribution in [3.63, 3.8) is 0 Å². The smallest absolute Gasteiger partial charge is 0.306 e. The molecule has 2 heterocycles. The van der Waals surface area contributed by atoms with Crippen LogP contribution < -0.4 is 5.32 Å². The molecule has 3 aliphatic carbocycles. The fourth-order valence-corrected chi connectivity index (χ4v) is 6.01. The van der Waals surface area contributed by atoms with Gasteiger partial charge in [0, 0.05) is 29.1 Å². The molecule has 0 saturated heterocycles. The van der Waals surface area contributed by atoms with Gasteiger partial charge < -0.3 is 10.4 Å². The molecule has 3 fully saturated rings. The summed E-state index contributed by atoms with van der Waals surface area (Å²) in [5.74, 6) is 5.53. The molecule has 1 atom stereocenters. The Morgan fingerprint density at radius 3 is 2.56 bits per heavy atom. The van der Waals surface area contributed by atoms with Gasteiger partial charge in [0.2, 0.25) is 0 Å². The molecule has 184 valence electrons. The number of carboxylic acids is 1. The van der Waals surface area contributed by atoms with Gasteiger partial charge in [0.25, 0.3) is 5.91 Å². The molecule has 1 unspecified atom stereocenters. The molecule has 3 aromatic rings. The molecule has 3 saturated carbocycles. The molecular weight excluding hydrogens is 454 g/mol. The Morgan fingerprint density at radius 1 is 1.14 bits per heavy atom. The fraction of sp³-hybridized carbons (Fsp3) is 0.464. The molecule has 3 aliphatic rings. The van der Waals surface area contributed by atoms with Gasteiger partial charge in [-0.05, 0) is 69.9 Å². The van der Waals surface area contributed by atoms with Crippen LogP contribution >= 0.6 is 0 Å². The second-order valence-electron chi connectivity index (χ2n) is 10.7. The molecule has 0 radical (unpaired) electrons. The van der Waals surface area contributed by atoms with Gasteiger partial charge in [0.05, 0.1) is 46.8 Å². The van der Waals surface area contributed by atoms with Crippen LogP contribution in [0.4, 0.5) is 0 Å². The van der Waals surface area contributed by atoms with Crippen LogP contribution in [0, 0.1) is 23.2 Å². The summed E-state index contributed by atoms with van der Waals surface area (Å²) in [5.41, 5.74) is 4.04. The molecule has 2 N–H and O–H groups in total. The molecule has 1 aromatic carbocycles. The lowest BCUT2D eigenvalue weighted by Crippen LogP contribution is -2.57. The maximum Gasteiger partial charge on any atom is 0.306 e. The maximum atomic E-state index is 13.4. The Kier molecular flexibility index (Phi) is 5.32. The summed E-state index contributed by atoms with van der Waals surface area (Å²) < 4.78 is 1.84. The van der Waals surface area contributed by atoms with Crippen molar-refractivity contribution in [2.24, 2.45) is 11.3 Å². The van der Waals surface area contributed by atoms with Crippen LogP contribution in [0.25, 0.3) is 10.9 Å². The number of fused-ring (bicyclic) bond motifs is 1. The second-order valence-corrected chi connectivity index (χ2v) is 10.7. The minimum atomic E-state index is -0.708. The largest absolute Gasteiger partial charge is 0.481 e. The van der Waals surface area contributed by atoms with Crippen LogP contribution in [0.15, 0.2) is 30.7 Å². The van der Waals surface area contributed by atoms with Crippen molar-refractivity contribution in [3.8, 4) is 11.8 Å². The van der Waals surface area contributed by atoms with E-state index in [0.29, 0.717) is 24.3 Å². The first-order valence-electron chi connectivity index (χ1n) is 12.7. The topological polar surface area (TPSA) is 110 Å². The van der Waals surface area contributed by atoms with Crippen molar-refractivity contribution in [2.45, 2.75) is 70.4 Å². The van der Waals surface area contributed by atoms with E-state index in [0.717, 1.165) is 40.7 Å². The zero-order chi connectivity index (χ0) is 25.0. The number of nitrogens with zero attached hydrogens (tertiary/aromatic N) is 4. The molecule has 1 amide bonds. The monoisotopic (exact) mass is 483 g/mol. The van der Waals surface area contributed by atoms with Crippen molar-refractivity contribution >= 4 is 22.8 Å². The standard InChI is InChI=1S/C28H29N5O3/c1-3-4-17-7-8-21(26(34)32-20-11-28(12-20)9-19(10-28)27(35)36)25-22(17)13-31-33(25)16(2)23-14-30-24(15-29-23)18-5-6-18/h7-8,13-16,18-20H,5-6,9-12H2,1-2H3,(H,32,34)(H,35,36). The minimum absolute atomic E-state index is 0.0621. The molecule has 8 heteroatoms. The highest BCUT2D eigenvalue weighted by Gasteiger charge is 2.55. The van der Waals surface area contributed by atoms with Crippen LogP contribution in [0.5, 0.6) is 0 Å². The van der Waals surface area contributed by atoms with E-state index < -0.39 is 5.97 Å². The summed E-state index contributed by atoms with van der Waals surface area (Å²) in [6.45, 7) is 3.80. The summed E-state index contributed by atoms with van der Waals surface area (Å²) in [4.78, 5) is 33.9. The minimum Gasteiger partial charge on any atom is -0.481 e. The Morgan fingerprint density at radius 2 is 1.92 bits per heavy atom. The van der Waals surface area contributed by atoms with E-state index in [1.165, 1.54) is 12.8 Å². The lowest BCUT2D eigenvalue weighted by Gasteiger charge is -2.56. The Hall–Kier alpha value is -3.73. The summed E-state index contributed by atoms with van der Waals surface area (Å²) in [6.07, 6.45) is 10.9. The number of rotatable bonds is 6. The Balaban J connectivity index is 1.27. The van der Waals surface area contributed by atoms with Crippen LogP contribution in [0.2, 0.25) is 0 Å². The number of hydrogen-bond acceptors (Lipinski definition) is 5. The van der Waals surface area contributed by atoms with Crippen molar-refractivity contribution in [3.05, 3.63) is 53.2 Å². The van der Waals surface area contributed by atoms with E-state index in [4.69, 9.17) is 0 Å². The van der Waals surface area contributed by atoms with Gasteiger partial charge in [-0.25, -0.2) is 0 Å². The number of carboxylic acid groups (broad SMARTS) is 1. The van der Waals surface area contributed by atoms with Gasteiger partial charge in [0.15, 0.2) is 0 Å². The predicted octanol–water partition coefficient (Wildman–Crippen LogP) is 4.06. The number of aromatic nitrogens is 4. The first kappa shape index (κ1) is 22.7. The highest BCUT2D eigenvalue weighted by Crippen LogP contribution is 2.58. The van der Waals surface area contributed by atoms with Gasteiger partial charge in [0.1, 0.15) is 0 Å². The fourth-order valence-electron chi connectivity index (χ4n) is 6.01. The van der Waals surface area contributed by atoms with Crippen molar-refractivity contribution in [1.29, 1.82) is 0 Å². The third-order valence-electron chi connectivity index (χ3n) is 8.15. The van der Waals surface area contributed by atoms with Gasteiger partial charge in [-0.2, -0.15) is 5.10 Å². The Bertz CT molecular complexity index is 1410. The van der Waals surface area contributed by atoms with Crippen molar-refractivity contribution in [1.82, 2.24) is 25.1 Å². The normalized spacial score (nSPS) is 25.4. The van der Waals surface area contributed by atoms with Gasteiger partial charge in [-0.1, -0.05) is 5.92 Å². The number of carbonyl (C=O) groups excluding carboxylic acids is 1. The third-order valence-corrected chi connectivity index (χ3v) is 8.15. The quantitative estimate of drug-likeness (QED) is 0.512. The number of benzene rings is 1. The summed E-state index contributed by atoms with van der Waals surface area (Å²) in [5, 5.41) is 17.8. The molecule has 8 nitrogen and oxygen atoms in total. The van der Waals surface area contributed by atoms with E-state index in [9.17, 15) is 14.7 Å². The zero-order valence-electron chi connectivity index (χ0n) is 20.5. The van der Waals surface area contributed by atoms with Gasteiger partial charge in [-0.3, -0.25) is 24.2 Å². The first-order valence-corrected chi connectivity index (χ1v) is 12.7. The zero-order valence-corrected chi connectivity index (χ0v) is 20.5. The summed E-state index contributed by atoms with van der Waals surface area (Å²) in [6, 6.07) is 3.55. The predicted molar refractivity (Wildman–Crippen MR) is 133 cm³/mol.